The van der Waals surface area contributed by atoms with E-state index in [0.29, 0.717) is 17.9 Å². The average Bonchev–Trinajstić information content (AvgIpc) is 3.00. The van der Waals surface area contributed by atoms with Crippen LogP contribution in [0.1, 0.15) is 32.6 Å². The summed E-state index contributed by atoms with van der Waals surface area (Å²) >= 11 is 0. The van der Waals surface area contributed by atoms with Crippen molar-refractivity contribution in [3.63, 3.8) is 0 Å². The summed E-state index contributed by atoms with van der Waals surface area (Å²) in [4.78, 5) is 18.8. The van der Waals surface area contributed by atoms with Crippen molar-refractivity contribution in [3.05, 3.63) is 12.7 Å². The number of nitrogen functional groups attached to an aromatic ring is 1. The molecule has 0 radical (unpaired) electrons. The number of hydrogen-bond donors (Lipinski definition) is 1. The molecule has 2 aromatic rings. The van der Waals surface area contributed by atoms with Gasteiger partial charge in [0, 0.05) is 13.1 Å². The molecule has 3 rings (SSSR count). The third-order valence-corrected chi connectivity index (χ3v) is 4.02. The normalized spacial score (nSPS) is 22.2. The Labute approximate surface area is 123 Å². The molecule has 8 heteroatoms. The Morgan fingerprint density at radius 3 is 2.86 bits per heavy atom. The van der Waals surface area contributed by atoms with Crippen LogP contribution in [0.4, 0.5) is 11.9 Å². The fourth-order valence-electron chi connectivity index (χ4n) is 2.86. The van der Waals surface area contributed by atoms with Gasteiger partial charge in [0.2, 0.25) is 11.9 Å². The highest BCUT2D eigenvalue weighted by Gasteiger charge is 2.24. The molecule has 0 aliphatic heterocycles. The lowest BCUT2D eigenvalue weighted by molar-refractivity contribution is 0.334. The van der Waals surface area contributed by atoms with Crippen LogP contribution in [0.15, 0.2) is 12.7 Å². The van der Waals surface area contributed by atoms with Crippen LogP contribution in [0.3, 0.4) is 0 Å². The van der Waals surface area contributed by atoms with Crippen molar-refractivity contribution in [2.24, 2.45) is 5.92 Å². The first-order chi connectivity index (χ1) is 10.1. The first kappa shape index (κ1) is 13.7. The summed E-state index contributed by atoms with van der Waals surface area (Å²) in [5.41, 5.74) is 5.81. The molecule has 0 bridgehead atoms. The maximum Gasteiger partial charge on any atom is 0.258 e. The van der Waals surface area contributed by atoms with E-state index in [-0.39, 0.29) is 5.95 Å². The van der Waals surface area contributed by atoms with Gasteiger partial charge in [-0.2, -0.15) is 24.7 Å². The first-order valence-corrected chi connectivity index (χ1v) is 7.23. The molecule has 1 aliphatic carbocycles. The third-order valence-electron chi connectivity index (χ3n) is 4.02. The molecule has 8 nitrogen and oxygen atoms in total. The maximum absolute atomic E-state index is 5.81. The Morgan fingerprint density at radius 1 is 1.29 bits per heavy atom. The number of aromatic nitrogens is 6. The number of nitrogens with zero attached hydrogens (tertiary/aromatic N) is 7. The highest BCUT2D eigenvalue weighted by Crippen LogP contribution is 2.28. The molecule has 2 aromatic heterocycles. The molecule has 2 heterocycles. The molecule has 1 aliphatic rings. The van der Waals surface area contributed by atoms with Crippen molar-refractivity contribution in [3.8, 4) is 5.95 Å². The molecular weight excluding hydrogens is 268 g/mol. The molecule has 0 aromatic carbocycles. The average molecular weight is 288 g/mol. The van der Waals surface area contributed by atoms with Gasteiger partial charge in [-0.25, -0.2) is 4.98 Å². The maximum atomic E-state index is 5.81. The van der Waals surface area contributed by atoms with E-state index in [2.05, 4.69) is 36.9 Å². The Hall–Kier alpha value is -2.25. The lowest BCUT2D eigenvalue weighted by Crippen LogP contribution is -2.37. The van der Waals surface area contributed by atoms with Gasteiger partial charge in [-0.1, -0.05) is 19.8 Å². The number of hydrogen-bond acceptors (Lipinski definition) is 7. The molecule has 0 saturated heterocycles. The summed E-state index contributed by atoms with van der Waals surface area (Å²) in [7, 11) is 2.02. The minimum atomic E-state index is 0.196. The highest BCUT2D eigenvalue weighted by molar-refractivity contribution is 5.38. The fraction of sp³-hybridized carbons (Fsp3) is 0.615. The molecule has 2 N–H and O–H groups in total. The first-order valence-electron chi connectivity index (χ1n) is 7.23. The van der Waals surface area contributed by atoms with E-state index < -0.39 is 0 Å². The van der Waals surface area contributed by atoms with Crippen LogP contribution >= 0.6 is 0 Å². The molecule has 0 spiro atoms. The van der Waals surface area contributed by atoms with Gasteiger partial charge in [-0.05, 0) is 18.8 Å². The SMILES string of the molecule is CC1CCCC(N(C)c2nc(N)nc(-n3cncn3)n2)C1. The lowest BCUT2D eigenvalue weighted by atomic mass is 9.86. The van der Waals surface area contributed by atoms with Crippen LogP contribution < -0.4 is 10.6 Å². The second kappa shape index (κ2) is 5.63. The van der Waals surface area contributed by atoms with Gasteiger partial charge in [0.1, 0.15) is 12.7 Å². The zero-order chi connectivity index (χ0) is 14.8. The van der Waals surface area contributed by atoms with Crippen molar-refractivity contribution >= 4 is 11.9 Å². The third kappa shape index (κ3) is 2.93. The van der Waals surface area contributed by atoms with Crippen LogP contribution in [0.5, 0.6) is 0 Å². The quantitative estimate of drug-likeness (QED) is 0.901. The standard InChI is InChI=1S/C13H20N8/c1-9-4-3-5-10(6-9)20(2)12-17-11(14)18-13(19-12)21-8-15-7-16-21/h7-10H,3-6H2,1-2H3,(H2,14,17,18,19). The molecule has 2 unspecified atom stereocenters. The largest absolute Gasteiger partial charge is 0.368 e. The molecule has 0 amide bonds. The van der Waals surface area contributed by atoms with Crippen molar-refractivity contribution in [1.82, 2.24) is 29.7 Å². The van der Waals surface area contributed by atoms with Gasteiger partial charge in [0.15, 0.2) is 0 Å². The topological polar surface area (TPSA) is 98.6 Å². The monoisotopic (exact) mass is 288 g/mol. The summed E-state index contributed by atoms with van der Waals surface area (Å²) < 4.78 is 1.48. The van der Waals surface area contributed by atoms with E-state index in [1.54, 1.807) is 6.33 Å². The van der Waals surface area contributed by atoms with Gasteiger partial charge in [0.05, 0.1) is 0 Å². The fourth-order valence-corrected chi connectivity index (χ4v) is 2.86. The van der Waals surface area contributed by atoms with Crippen LogP contribution in [-0.2, 0) is 0 Å². The van der Waals surface area contributed by atoms with Crippen LogP contribution in [0.25, 0.3) is 5.95 Å². The summed E-state index contributed by atoms with van der Waals surface area (Å²) in [5.74, 6) is 1.92. The Balaban J connectivity index is 1.87. The molecule has 112 valence electrons. The van der Waals surface area contributed by atoms with Crippen LogP contribution in [0.2, 0.25) is 0 Å². The number of rotatable bonds is 3. The predicted molar refractivity (Wildman–Crippen MR) is 79.0 cm³/mol. The Kier molecular flexibility index (Phi) is 3.68. The summed E-state index contributed by atoms with van der Waals surface area (Å²) in [6.07, 6.45) is 7.83. The van der Waals surface area contributed by atoms with E-state index in [4.69, 9.17) is 5.73 Å². The smallest absolute Gasteiger partial charge is 0.258 e. The zero-order valence-corrected chi connectivity index (χ0v) is 12.3. The Morgan fingerprint density at radius 2 is 2.14 bits per heavy atom. The molecule has 1 fully saturated rings. The van der Waals surface area contributed by atoms with Crippen molar-refractivity contribution in [2.45, 2.75) is 38.6 Å². The van der Waals surface area contributed by atoms with E-state index in [1.165, 1.54) is 23.9 Å². The van der Waals surface area contributed by atoms with Crippen LogP contribution in [-0.4, -0.2) is 42.8 Å². The van der Waals surface area contributed by atoms with Gasteiger partial charge >= 0.3 is 0 Å². The lowest BCUT2D eigenvalue weighted by Gasteiger charge is -2.34. The second-order valence-corrected chi connectivity index (χ2v) is 5.67. The van der Waals surface area contributed by atoms with Crippen molar-refractivity contribution in [1.29, 1.82) is 0 Å². The van der Waals surface area contributed by atoms with E-state index in [9.17, 15) is 0 Å². The van der Waals surface area contributed by atoms with Crippen molar-refractivity contribution in [2.75, 3.05) is 17.7 Å². The van der Waals surface area contributed by atoms with Gasteiger partial charge in [-0.3, -0.25) is 0 Å². The molecular formula is C13H20N8. The molecule has 21 heavy (non-hydrogen) atoms. The highest BCUT2D eigenvalue weighted by atomic mass is 15.4. The van der Waals surface area contributed by atoms with Gasteiger partial charge in [0.25, 0.3) is 5.95 Å². The van der Waals surface area contributed by atoms with E-state index in [1.807, 2.05) is 7.05 Å². The molecule has 1 saturated carbocycles. The van der Waals surface area contributed by atoms with Crippen molar-refractivity contribution < 1.29 is 0 Å². The van der Waals surface area contributed by atoms with Gasteiger partial charge < -0.3 is 10.6 Å². The predicted octanol–water partition coefficient (Wildman–Crippen LogP) is 1.05. The Bertz CT molecular complexity index is 596. The summed E-state index contributed by atoms with van der Waals surface area (Å²) in [6, 6.07) is 0.444. The van der Waals surface area contributed by atoms with Crippen LogP contribution in [0, 0.1) is 5.92 Å². The van der Waals surface area contributed by atoms with Gasteiger partial charge in [-0.15, -0.1) is 0 Å². The second-order valence-electron chi connectivity index (χ2n) is 5.67. The van der Waals surface area contributed by atoms with E-state index >= 15 is 0 Å². The molecule has 2 atom stereocenters. The number of anilines is 2. The number of nitrogens with two attached hydrogens (primary N) is 1. The summed E-state index contributed by atoms with van der Waals surface area (Å²) in [5, 5.41) is 4.03. The zero-order valence-electron chi connectivity index (χ0n) is 12.3. The minimum Gasteiger partial charge on any atom is -0.368 e. The summed E-state index contributed by atoms with van der Waals surface area (Å²) in [6.45, 7) is 2.29. The minimum absolute atomic E-state index is 0.196. The van der Waals surface area contributed by atoms with E-state index in [0.717, 1.165) is 18.8 Å².